The zero-order valence-corrected chi connectivity index (χ0v) is 19.1. The number of nitrogens with one attached hydrogen (secondary N) is 2. The molecule has 4 heterocycles. The molecule has 0 aliphatic carbocycles. The van der Waals surface area contributed by atoms with E-state index in [9.17, 15) is 0 Å². The second-order valence-corrected chi connectivity index (χ2v) is 8.54. The van der Waals surface area contributed by atoms with Crippen LogP contribution < -0.4 is 4.74 Å². The van der Waals surface area contributed by atoms with Crippen molar-refractivity contribution in [3.63, 3.8) is 0 Å². The Balaban J connectivity index is 1.69. The van der Waals surface area contributed by atoms with Crippen LogP contribution in [-0.2, 0) is 0 Å². The molecule has 33 heavy (non-hydrogen) atoms. The number of rotatable bonds is 3. The van der Waals surface area contributed by atoms with Crippen molar-refractivity contribution in [1.29, 1.82) is 0 Å². The maximum absolute atomic E-state index is 5.81. The van der Waals surface area contributed by atoms with Crippen LogP contribution in [0.1, 0.15) is 22.7 Å². The summed E-state index contributed by atoms with van der Waals surface area (Å²) in [5.41, 5.74) is 9.82. The molecule has 0 saturated heterocycles. The largest absolute Gasteiger partial charge is 0.496 e. The Kier molecular flexibility index (Phi) is 4.11. The van der Waals surface area contributed by atoms with E-state index in [1.807, 2.05) is 13.8 Å². The van der Waals surface area contributed by atoms with Gasteiger partial charge in [0.15, 0.2) is 0 Å². The van der Waals surface area contributed by atoms with E-state index < -0.39 is 0 Å². The molecule has 2 N–H and O–H groups in total. The zero-order chi connectivity index (χ0) is 22.9. The van der Waals surface area contributed by atoms with Crippen LogP contribution in [0.3, 0.4) is 0 Å². The van der Waals surface area contributed by atoms with Crippen LogP contribution in [0.15, 0.2) is 41.2 Å². The van der Waals surface area contributed by atoms with Crippen molar-refractivity contribution < 1.29 is 9.26 Å². The third-order valence-electron chi connectivity index (χ3n) is 6.39. The third kappa shape index (κ3) is 2.78. The third-order valence-corrected chi connectivity index (χ3v) is 6.39. The maximum Gasteiger partial charge on any atom is 0.142 e. The normalized spacial score (nSPS) is 11.8. The minimum absolute atomic E-state index is 0.749. The summed E-state index contributed by atoms with van der Waals surface area (Å²) in [4.78, 5) is 16.3. The van der Waals surface area contributed by atoms with E-state index in [2.05, 4.69) is 64.3 Å². The van der Waals surface area contributed by atoms with Gasteiger partial charge in [0.25, 0.3) is 0 Å². The van der Waals surface area contributed by atoms with Gasteiger partial charge in [0, 0.05) is 38.6 Å². The summed E-state index contributed by atoms with van der Waals surface area (Å²) in [5.74, 6) is 1.50. The fourth-order valence-electron chi connectivity index (χ4n) is 4.93. The van der Waals surface area contributed by atoms with Gasteiger partial charge in [-0.05, 0) is 51.5 Å². The smallest absolute Gasteiger partial charge is 0.142 e. The highest BCUT2D eigenvalue weighted by molar-refractivity contribution is 6.16. The number of aryl methyl sites for hydroxylation is 4. The van der Waals surface area contributed by atoms with Gasteiger partial charge in [-0.25, -0.2) is 9.97 Å². The molecule has 6 rings (SSSR count). The van der Waals surface area contributed by atoms with E-state index in [-0.39, 0.29) is 0 Å². The molecule has 7 nitrogen and oxygen atoms in total. The molecule has 0 unspecified atom stereocenters. The van der Waals surface area contributed by atoms with Crippen molar-refractivity contribution in [3.8, 4) is 28.1 Å². The first kappa shape index (κ1) is 19.5. The van der Waals surface area contributed by atoms with Gasteiger partial charge in [-0.3, -0.25) is 0 Å². The molecule has 6 aromatic rings. The maximum atomic E-state index is 5.81. The van der Waals surface area contributed by atoms with Gasteiger partial charge in [0.2, 0.25) is 0 Å². The highest BCUT2D eigenvalue weighted by atomic mass is 16.5. The molecule has 0 bridgehead atoms. The second kappa shape index (κ2) is 6.93. The zero-order valence-electron chi connectivity index (χ0n) is 19.1. The molecular formula is C26H23N5O2. The number of aromatic amines is 2. The van der Waals surface area contributed by atoms with Gasteiger partial charge in [0.1, 0.15) is 23.5 Å². The average Bonchev–Trinajstić information content (AvgIpc) is 3.43. The van der Waals surface area contributed by atoms with E-state index in [1.165, 1.54) is 5.56 Å². The average molecular weight is 438 g/mol. The summed E-state index contributed by atoms with van der Waals surface area (Å²) in [7, 11) is 1.68. The molecule has 7 heteroatoms. The Morgan fingerprint density at radius 2 is 1.70 bits per heavy atom. The Morgan fingerprint density at radius 3 is 2.45 bits per heavy atom. The van der Waals surface area contributed by atoms with Gasteiger partial charge >= 0.3 is 0 Å². The number of hydrogen-bond acceptors (Lipinski definition) is 5. The minimum Gasteiger partial charge on any atom is -0.496 e. The number of hydrogen-bond donors (Lipinski definition) is 2. The summed E-state index contributed by atoms with van der Waals surface area (Å²) >= 11 is 0. The molecule has 0 fully saturated rings. The van der Waals surface area contributed by atoms with Gasteiger partial charge in [0.05, 0.1) is 29.4 Å². The minimum atomic E-state index is 0.749. The first-order chi connectivity index (χ1) is 16.0. The number of fused-ring (bicyclic) bond motifs is 4. The van der Waals surface area contributed by atoms with Crippen LogP contribution in [0.2, 0.25) is 0 Å². The molecule has 0 aliphatic rings. The predicted octanol–water partition coefficient (Wildman–Crippen LogP) is 6.16. The van der Waals surface area contributed by atoms with E-state index >= 15 is 0 Å². The molecule has 0 aliphatic heterocycles. The number of aromatic nitrogens is 5. The highest BCUT2D eigenvalue weighted by Crippen LogP contribution is 2.42. The summed E-state index contributed by atoms with van der Waals surface area (Å²) < 4.78 is 11.2. The topological polar surface area (TPSA) is 92.6 Å². The van der Waals surface area contributed by atoms with Crippen molar-refractivity contribution in [2.75, 3.05) is 7.11 Å². The van der Waals surface area contributed by atoms with Crippen molar-refractivity contribution in [1.82, 2.24) is 25.1 Å². The van der Waals surface area contributed by atoms with Crippen molar-refractivity contribution in [2.24, 2.45) is 0 Å². The predicted molar refractivity (Wildman–Crippen MR) is 130 cm³/mol. The van der Waals surface area contributed by atoms with Crippen LogP contribution in [-0.4, -0.2) is 32.2 Å². The number of methoxy groups -OCH3 is 1. The van der Waals surface area contributed by atoms with Gasteiger partial charge in [-0.1, -0.05) is 17.3 Å². The van der Waals surface area contributed by atoms with E-state index in [0.717, 1.165) is 78.1 Å². The fourth-order valence-corrected chi connectivity index (χ4v) is 4.93. The summed E-state index contributed by atoms with van der Waals surface area (Å²) in [6, 6.07) is 10.6. The Morgan fingerprint density at radius 1 is 0.879 bits per heavy atom. The van der Waals surface area contributed by atoms with E-state index in [0.29, 0.717) is 0 Å². The Labute approximate surface area is 189 Å². The molecule has 4 aromatic heterocycles. The molecule has 0 amide bonds. The fraction of sp³-hybridized carbons (Fsp3) is 0.192. The number of H-pyrrole nitrogens is 2. The van der Waals surface area contributed by atoms with Crippen molar-refractivity contribution in [3.05, 3.63) is 59.4 Å². The van der Waals surface area contributed by atoms with Gasteiger partial charge in [-0.2, -0.15) is 0 Å². The molecule has 0 radical (unpaired) electrons. The monoisotopic (exact) mass is 437 g/mol. The van der Waals surface area contributed by atoms with Crippen LogP contribution in [0.25, 0.3) is 55.2 Å². The van der Waals surface area contributed by atoms with Gasteiger partial charge in [-0.15, -0.1) is 0 Å². The standard InChI is InChI=1S/C26H23N5O2/c1-12-6-7-16-19(8-12)29-13(2)23(16)25-24-17-10-21(32-5)18(22-14(3)31-33-15(22)4)9-20(17)30-26(24)28-11-27-25/h6-11,29H,1-5H3,(H,27,28,30). The molecule has 2 aromatic carbocycles. The van der Waals surface area contributed by atoms with Crippen LogP contribution >= 0.6 is 0 Å². The van der Waals surface area contributed by atoms with Crippen molar-refractivity contribution in [2.45, 2.75) is 27.7 Å². The van der Waals surface area contributed by atoms with Crippen molar-refractivity contribution >= 4 is 32.8 Å². The highest BCUT2D eigenvalue weighted by Gasteiger charge is 2.22. The lowest BCUT2D eigenvalue weighted by molar-refractivity contribution is 0.393. The summed E-state index contributed by atoms with van der Waals surface area (Å²) in [6.07, 6.45) is 1.62. The first-order valence-corrected chi connectivity index (χ1v) is 10.8. The molecular weight excluding hydrogens is 414 g/mol. The molecule has 0 spiro atoms. The van der Waals surface area contributed by atoms with E-state index in [4.69, 9.17) is 14.2 Å². The lowest BCUT2D eigenvalue weighted by Crippen LogP contribution is -1.91. The lowest BCUT2D eigenvalue weighted by Gasteiger charge is -2.09. The Hall–Kier alpha value is -4.13. The summed E-state index contributed by atoms with van der Waals surface area (Å²) in [5, 5.41) is 7.24. The number of ether oxygens (including phenoxy) is 1. The second-order valence-electron chi connectivity index (χ2n) is 8.54. The molecule has 164 valence electrons. The first-order valence-electron chi connectivity index (χ1n) is 10.8. The van der Waals surface area contributed by atoms with E-state index in [1.54, 1.807) is 13.4 Å². The quantitative estimate of drug-likeness (QED) is 0.346. The van der Waals surface area contributed by atoms with Gasteiger partial charge < -0.3 is 19.2 Å². The number of benzene rings is 2. The molecule has 0 atom stereocenters. The van der Waals surface area contributed by atoms with Crippen LogP contribution in [0.5, 0.6) is 5.75 Å². The van der Waals surface area contributed by atoms with Crippen LogP contribution in [0, 0.1) is 27.7 Å². The number of nitrogens with zero attached hydrogens (tertiary/aromatic N) is 3. The molecule has 0 saturated carbocycles. The Bertz CT molecular complexity index is 1680. The summed E-state index contributed by atoms with van der Waals surface area (Å²) in [6.45, 7) is 8.03. The SMILES string of the molecule is COc1cc2c(cc1-c1c(C)noc1C)[nH]c1ncnc(-c3c(C)[nH]c4cc(C)ccc34)c12. The lowest BCUT2D eigenvalue weighted by atomic mass is 9.99. The van der Waals surface area contributed by atoms with Crippen LogP contribution in [0.4, 0.5) is 0 Å².